The third kappa shape index (κ3) is 2.69. The van der Waals surface area contributed by atoms with Gasteiger partial charge in [-0.2, -0.15) is 0 Å². The van der Waals surface area contributed by atoms with Crippen molar-refractivity contribution in [1.29, 1.82) is 0 Å². The van der Waals surface area contributed by atoms with Crippen LogP contribution in [-0.2, 0) is 0 Å². The second kappa shape index (κ2) is 5.31. The van der Waals surface area contributed by atoms with E-state index in [1.165, 1.54) is 6.07 Å². The SMILES string of the molecule is Cc1ncc([N+](=O)[O-])c(Nc2ccccc2C(N)=O)n1. The summed E-state index contributed by atoms with van der Waals surface area (Å²) < 4.78 is 0. The van der Waals surface area contributed by atoms with E-state index in [-0.39, 0.29) is 17.1 Å². The van der Waals surface area contributed by atoms with Crippen LogP contribution in [0.25, 0.3) is 0 Å². The summed E-state index contributed by atoms with van der Waals surface area (Å²) in [5.74, 6) is -0.257. The lowest BCUT2D eigenvalue weighted by Gasteiger charge is -2.09. The minimum absolute atomic E-state index is 0.0104. The predicted molar refractivity (Wildman–Crippen MR) is 71.7 cm³/mol. The Hall–Kier alpha value is -3.03. The van der Waals surface area contributed by atoms with Gasteiger partial charge in [-0.15, -0.1) is 0 Å². The second-order valence-electron chi connectivity index (χ2n) is 3.94. The van der Waals surface area contributed by atoms with E-state index in [0.717, 1.165) is 6.20 Å². The van der Waals surface area contributed by atoms with E-state index in [0.29, 0.717) is 11.5 Å². The molecule has 0 atom stereocenters. The number of benzene rings is 1. The van der Waals surface area contributed by atoms with Crippen molar-refractivity contribution in [3.63, 3.8) is 0 Å². The van der Waals surface area contributed by atoms with Crippen molar-refractivity contribution in [1.82, 2.24) is 9.97 Å². The zero-order chi connectivity index (χ0) is 14.7. The molecule has 0 radical (unpaired) electrons. The Morgan fingerprint density at radius 1 is 1.40 bits per heavy atom. The number of amides is 1. The number of rotatable bonds is 4. The zero-order valence-electron chi connectivity index (χ0n) is 10.5. The number of nitrogens with zero attached hydrogens (tertiary/aromatic N) is 3. The third-order valence-electron chi connectivity index (χ3n) is 2.53. The minimum Gasteiger partial charge on any atom is -0.366 e. The molecule has 1 heterocycles. The molecule has 1 aromatic carbocycles. The normalized spacial score (nSPS) is 10.1. The monoisotopic (exact) mass is 273 g/mol. The molecule has 1 aromatic heterocycles. The molecular weight excluding hydrogens is 262 g/mol. The summed E-state index contributed by atoms with van der Waals surface area (Å²) in [5, 5.41) is 13.7. The molecular formula is C12H11N5O3. The smallest absolute Gasteiger partial charge is 0.329 e. The first kappa shape index (κ1) is 13.4. The number of carbonyl (C=O) groups is 1. The van der Waals surface area contributed by atoms with E-state index in [2.05, 4.69) is 15.3 Å². The van der Waals surface area contributed by atoms with Crippen molar-refractivity contribution in [3.05, 3.63) is 52.0 Å². The van der Waals surface area contributed by atoms with Crippen LogP contribution >= 0.6 is 0 Å². The van der Waals surface area contributed by atoms with Crippen LogP contribution in [0.1, 0.15) is 16.2 Å². The number of hydrogen-bond donors (Lipinski definition) is 2. The summed E-state index contributed by atoms with van der Waals surface area (Å²) in [6, 6.07) is 6.42. The van der Waals surface area contributed by atoms with Gasteiger partial charge in [0, 0.05) is 0 Å². The molecule has 0 spiro atoms. The van der Waals surface area contributed by atoms with Gasteiger partial charge in [0.2, 0.25) is 5.82 Å². The first-order valence-corrected chi connectivity index (χ1v) is 5.63. The minimum atomic E-state index is -0.637. The zero-order valence-corrected chi connectivity index (χ0v) is 10.5. The third-order valence-corrected chi connectivity index (χ3v) is 2.53. The van der Waals surface area contributed by atoms with E-state index >= 15 is 0 Å². The van der Waals surface area contributed by atoms with Crippen molar-refractivity contribution >= 4 is 23.1 Å². The maximum absolute atomic E-state index is 11.3. The molecule has 1 amide bonds. The Balaban J connectivity index is 2.47. The lowest BCUT2D eigenvalue weighted by molar-refractivity contribution is -0.384. The number of aromatic nitrogens is 2. The molecule has 3 N–H and O–H groups in total. The van der Waals surface area contributed by atoms with Gasteiger partial charge in [0.05, 0.1) is 16.2 Å². The second-order valence-corrected chi connectivity index (χ2v) is 3.94. The summed E-state index contributed by atoms with van der Waals surface area (Å²) >= 11 is 0. The molecule has 0 saturated carbocycles. The molecule has 20 heavy (non-hydrogen) atoms. The summed E-state index contributed by atoms with van der Waals surface area (Å²) in [7, 11) is 0. The number of nitro groups is 1. The van der Waals surface area contributed by atoms with Gasteiger partial charge in [0.25, 0.3) is 5.91 Å². The highest BCUT2D eigenvalue weighted by molar-refractivity contribution is 5.99. The standard InChI is InChI=1S/C12H11N5O3/c1-7-14-6-10(17(19)20)12(15-7)16-9-5-3-2-4-8(9)11(13)18/h2-6H,1H3,(H2,13,18)(H,14,15,16). The van der Waals surface area contributed by atoms with Crippen LogP contribution in [0, 0.1) is 17.0 Å². The van der Waals surface area contributed by atoms with Crippen molar-refractivity contribution in [2.75, 3.05) is 5.32 Å². The Morgan fingerprint density at radius 2 is 2.10 bits per heavy atom. The molecule has 0 aliphatic carbocycles. The van der Waals surface area contributed by atoms with Crippen LogP contribution < -0.4 is 11.1 Å². The van der Waals surface area contributed by atoms with Crippen LogP contribution in [0.3, 0.4) is 0 Å². The lowest BCUT2D eigenvalue weighted by atomic mass is 10.1. The van der Waals surface area contributed by atoms with E-state index < -0.39 is 10.8 Å². The topological polar surface area (TPSA) is 124 Å². The molecule has 8 nitrogen and oxygen atoms in total. The fourth-order valence-electron chi connectivity index (χ4n) is 1.62. The lowest BCUT2D eigenvalue weighted by Crippen LogP contribution is -2.13. The van der Waals surface area contributed by atoms with Crippen LogP contribution in [0.4, 0.5) is 17.2 Å². The fraction of sp³-hybridized carbons (Fsp3) is 0.0833. The van der Waals surface area contributed by atoms with E-state index in [1.807, 2.05) is 0 Å². The van der Waals surface area contributed by atoms with Gasteiger partial charge in [-0.25, -0.2) is 9.97 Å². The number of nitrogens with two attached hydrogens (primary N) is 1. The van der Waals surface area contributed by atoms with Crippen molar-refractivity contribution in [3.8, 4) is 0 Å². The highest BCUT2D eigenvalue weighted by atomic mass is 16.6. The first-order valence-electron chi connectivity index (χ1n) is 5.63. The van der Waals surface area contributed by atoms with Crippen molar-refractivity contribution in [2.45, 2.75) is 6.92 Å². The van der Waals surface area contributed by atoms with Gasteiger partial charge in [-0.1, -0.05) is 12.1 Å². The average Bonchev–Trinajstić information content (AvgIpc) is 2.38. The Morgan fingerprint density at radius 3 is 2.75 bits per heavy atom. The van der Waals surface area contributed by atoms with Gasteiger partial charge in [-0.05, 0) is 19.1 Å². The fourth-order valence-corrected chi connectivity index (χ4v) is 1.62. The molecule has 0 fully saturated rings. The van der Waals surface area contributed by atoms with Gasteiger partial charge < -0.3 is 11.1 Å². The largest absolute Gasteiger partial charge is 0.366 e. The highest BCUT2D eigenvalue weighted by Crippen LogP contribution is 2.26. The molecule has 2 aromatic rings. The number of para-hydroxylation sites is 1. The number of hydrogen-bond acceptors (Lipinski definition) is 6. The molecule has 0 aliphatic rings. The van der Waals surface area contributed by atoms with Gasteiger partial charge in [0.15, 0.2) is 0 Å². The van der Waals surface area contributed by atoms with Gasteiger partial charge in [0.1, 0.15) is 12.0 Å². The van der Waals surface area contributed by atoms with E-state index in [4.69, 9.17) is 5.73 Å². The average molecular weight is 273 g/mol. The summed E-state index contributed by atoms with van der Waals surface area (Å²) in [6.07, 6.45) is 1.11. The Kier molecular flexibility index (Phi) is 3.56. The van der Waals surface area contributed by atoms with Crippen LogP contribution in [-0.4, -0.2) is 20.8 Å². The molecule has 0 saturated heterocycles. The van der Waals surface area contributed by atoms with Crippen molar-refractivity contribution < 1.29 is 9.72 Å². The maximum Gasteiger partial charge on any atom is 0.329 e. The molecule has 0 unspecified atom stereocenters. The molecule has 102 valence electrons. The highest BCUT2D eigenvalue weighted by Gasteiger charge is 2.18. The molecule has 0 bridgehead atoms. The molecule has 8 heteroatoms. The van der Waals surface area contributed by atoms with Gasteiger partial charge in [-0.3, -0.25) is 14.9 Å². The van der Waals surface area contributed by atoms with Crippen LogP contribution in [0.2, 0.25) is 0 Å². The summed E-state index contributed by atoms with van der Waals surface area (Å²) in [6.45, 7) is 1.61. The molecule has 0 aliphatic heterocycles. The van der Waals surface area contributed by atoms with Crippen LogP contribution in [0.15, 0.2) is 30.5 Å². The number of carbonyl (C=O) groups excluding carboxylic acids is 1. The van der Waals surface area contributed by atoms with Crippen molar-refractivity contribution in [2.24, 2.45) is 5.73 Å². The quantitative estimate of drug-likeness (QED) is 0.643. The maximum atomic E-state index is 11.3. The summed E-state index contributed by atoms with van der Waals surface area (Å²) in [4.78, 5) is 29.4. The number of primary amides is 1. The Labute approximate surface area is 113 Å². The number of aryl methyl sites for hydroxylation is 1. The van der Waals surface area contributed by atoms with E-state index in [9.17, 15) is 14.9 Å². The summed E-state index contributed by atoms with van der Waals surface area (Å²) in [5.41, 5.74) is 5.54. The number of anilines is 2. The van der Waals surface area contributed by atoms with Gasteiger partial charge >= 0.3 is 5.69 Å². The predicted octanol–water partition coefficient (Wildman–Crippen LogP) is 1.54. The molecule has 2 rings (SSSR count). The Bertz CT molecular complexity index is 687. The first-order chi connectivity index (χ1) is 9.49. The van der Waals surface area contributed by atoms with Crippen LogP contribution in [0.5, 0.6) is 0 Å². The number of nitrogens with one attached hydrogen (secondary N) is 1. The van der Waals surface area contributed by atoms with E-state index in [1.54, 1.807) is 25.1 Å².